The molecule has 0 saturated carbocycles. The second-order valence-corrected chi connectivity index (χ2v) is 3.66. The first kappa shape index (κ1) is 10.7. The summed E-state index contributed by atoms with van der Waals surface area (Å²) in [4.78, 5) is 15.2. The number of aromatic nitrogens is 1. The van der Waals surface area contributed by atoms with E-state index in [-0.39, 0.29) is 6.61 Å². The van der Waals surface area contributed by atoms with E-state index in [0.29, 0.717) is 6.54 Å². The summed E-state index contributed by atoms with van der Waals surface area (Å²) >= 11 is 1.55. The van der Waals surface area contributed by atoms with E-state index in [1.165, 1.54) is 6.08 Å². The zero-order chi connectivity index (χ0) is 10.4. The number of rotatable bonds is 4. The zero-order valence-corrected chi connectivity index (χ0v) is 8.76. The van der Waals surface area contributed by atoms with Gasteiger partial charge in [0.25, 0.3) is 0 Å². The number of alkyl carbamates (subject to hydrolysis) is 1. The number of carbonyl (C=O) groups excluding carboxylic acids is 1. The SMILES string of the molecule is C=CCOC(=O)NCc1csc(C)n1. The number of hydrogen-bond acceptors (Lipinski definition) is 4. The van der Waals surface area contributed by atoms with Crippen molar-refractivity contribution in [3.63, 3.8) is 0 Å². The summed E-state index contributed by atoms with van der Waals surface area (Å²) in [6, 6.07) is 0. The maximum absolute atomic E-state index is 11.0. The minimum Gasteiger partial charge on any atom is -0.445 e. The van der Waals surface area contributed by atoms with Crippen LogP contribution in [0.4, 0.5) is 4.79 Å². The van der Waals surface area contributed by atoms with Crippen LogP contribution in [-0.2, 0) is 11.3 Å². The van der Waals surface area contributed by atoms with Crippen molar-refractivity contribution >= 4 is 17.4 Å². The Balaban J connectivity index is 2.26. The maximum Gasteiger partial charge on any atom is 0.407 e. The second kappa shape index (κ2) is 5.39. The first-order valence-corrected chi connectivity index (χ1v) is 5.03. The summed E-state index contributed by atoms with van der Waals surface area (Å²) in [6.07, 6.45) is 1.07. The highest BCUT2D eigenvalue weighted by Crippen LogP contribution is 2.07. The van der Waals surface area contributed by atoms with E-state index in [0.717, 1.165) is 10.7 Å². The molecule has 4 nitrogen and oxygen atoms in total. The Labute approximate surface area is 86.6 Å². The van der Waals surface area contributed by atoms with Gasteiger partial charge in [-0.3, -0.25) is 0 Å². The molecular formula is C9H12N2O2S. The molecule has 0 spiro atoms. The monoisotopic (exact) mass is 212 g/mol. The van der Waals surface area contributed by atoms with Crippen LogP contribution >= 0.6 is 11.3 Å². The number of ether oxygens (including phenoxy) is 1. The molecule has 0 aliphatic rings. The van der Waals surface area contributed by atoms with Gasteiger partial charge in [0.1, 0.15) is 6.61 Å². The van der Waals surface area contributed by atoms with E-state index < -0.39 is 6.09 Å². The maximum atomic E-state index is 11.0. The van der Waals surface area contributed by atoms with Gasteiger partial charge in [0.15, 0.2) is 0 Å². The highest BCUT2D eigenvalue weighted by molar-refractivity contribution is 7.09. The molecule has 0 atom stereocenters. The summed E-state index contributed by atoms with van der Waals surface area (Å²) in [5.74, 6) is 0. The summed E-state index contributed by atoms with van der Waals surface area (Å²) in [6.45, 7) is 5.99. The number of aryl methyl sites for hydroxylation is 1. The Morgan fingerprint density at radius 3 is 3.21 bits per heavy atom. The highest BCUT2D eigenvalue weighted by atomic mass is 32.1. The van der Waals surface area contributed by atoms with Crippen LogP contribution in [0.15, 0.2) is 18.0 Å². The quantitative estimate of drug-likeness (QED) is 0.775. The second-order valence-electron chi connectivity index (χ2n) is 2.60. The van der Waals surface area contributed by atoms with Crippen molar-refractivity contribution in [2.75, 3.05) is 6.61 Å². The zero-order valence-electron chi connectivity index (χ0n) is 7.95. The van der Waals surface area contributed by atoms with Gasteiger partial charge >= 0.3 is 6.09 Å². The van der Waals surface area contributed by atoms with E-state index in [9.17, 15) is 4.79 Å². The molecule has 0 aliphatic heterocycles. The Morgan fingerprint density at radius 2 is 2.64 bits per heavy atom. The van der Waals surface area contributed by atoms with Crippen LogP contribution in [0.3, 0.4) is 0 Å². The third-order valence-corrected chi connectivity index (χ3v) is 2.24. The van der Waals surface area contributed by atoms with Gasteiger partial charge in [-0.2, -0.15) is 0 Å². The molecule has 14 heavy (non-hydrogen) atoms. The Hall–Kier alpha value is -1.36. The lowest BCUT2D eigenvalue weighted by molar-refractivity contribution is 0.157. The molecule has 1 amide bonds. The van der Waals surface area contributed by atoms with Crippen molar-refractivity contribution in [2.45, 2.75) is 13.5 Å². The van der Waals surface area contributed by atoms with Crippen LogP contribution in [0.5, 0.6) is 0 Å². The molecule has 0 aliphatic carbocycles. The molecule has 0 saturated heterocycles. The summed E-state index contributed by atoms with van der Waals surface area (Å²) in [7, 11) is 0. The van der Waals surface area contributed by atoms with Gasteiger partial charge in [-0.25, -0.2) is 9.78 Å². The molecule has 0 aromatic carbocycles. The molecule has 1 N–H and O–H groups in total. The fourth-order valence-electron chi connectivity index (χ4n) is 0.838. The predicted molar refractivity (Wildman–Crippen MR) is 55.2 cm³/mol. The fourth-order valence-corrected chi connectivity index (χ4v) is 1.45. The lowest BCUT2D eigenvalue weighted by Gasteiger charge is -2.02. The van der Waals surface area contributed by atoms with Gasteiger partial charge in [-0.1, -0.05) is 12.7 Å². The topological polar surface area (TPSA) is 51.2 Å². The molecule has 0 radical (unpaired) electrons. The van der Waals surface area contributed by atoms with Gasteiger partial charge in [0.2, 0.25) is 0 Å². The minimum atomic E-state index is -0.449. The highest BCUT2D eigenvalue weighted by Gasteiger charge is 2.02. The van der Waals surface area contributed by atoms with E-state index in [1.54, 1.807) is 11.3 Å². The van der Waals surface area contributed by atoms with Gasteiger partial charge in [-0.15, -0.1) is 11.3 Å². The van der Waals surface area contributed by atoms with Crippen molar-refractivity contribution < 1.29 is 9.53 Å². The molecule has 1 aromatic rings. The lowest BCUT2D eigenvalue weighted by atomic mass is 10.5. The van der Waals surface area contributed by atoms with Gasteiger partial charge in [0.05, 0.1) is 17.2 Å². The number of nitrogens with zero attached hydrogens (tertiary/aromatic N) is 1. The number of hydrogen-bond donors (Lipinski definition) is 1. The third-order valence-electron chi connectivity index (χ3n) is 1.41. The van der Waals surface area contributed by atoms with Gasteiger partial charge in [-0.05, 0) is 6.92 Å². The molecule has 1 aromatic heterocycles. The van der Waals surface area contributed by atoms with E-state index in [1.807, 2.05) is 12.3 Å². The van der Waals surface area contributed by atoms with E-state index >= 15 is 0 Å². The van der Waals surface area contributed by atoms with Crippen LogP contribution in [0.25, 0.3) is 0 Å². The normalized spacial score (nSPS) is 9.50. The standard InChI is InChI=1S/C9H12N2O2S/c1-3-4-13-9(12)10-5-8-6-14-7(2)11-8/h3,6H,1,4-5H2,2H3,(H,10,12). The average molecular weight is 212 g/mol. The van der Waals surface area contributed by atoms with Crippen LogP contribution in [0, 0.1) is 6.92 Å². The predicted octanol–water partition coefficient (Wildman–Crippen LogP) is 1.86. The van der Waals surface area contributed by atoms with E-state index in [2.05, 4.69) is 16.9 Å². The number of carbonyl (C=O) groups is 1. The number of amides is 1. The molecule has 76 valence electrons. The summed E-state index contributed by atoms with van der Waals surface area (Å²) < 4.78 is 4.73. The van der Waals surface area contributed by atoms with Gasteiger partial charge in [0, 0.05) is 5.38 Å². The largest absolute Gasteiger partial charge is 0.445 e. The van der Waals surface area contributed by atoms with Crippen molar-refractivity contribution in [1.82, 2.24) is 10.3 Å². The molecule has 0 bridgehead atoms. The van der Waals surface area contributed by atoms with Gasteiger partial charge < -0.3 is 10.1 Å². The van der Waals surface area contributed by atoms with Crippen LogP contribution in [-0.4, -0.2) is 17.7 Å². The van der Waals surface area contributed by atoms with Crippen molar-refractivity contribution in [2.24, 2.45) is 0 Å². The van der Waals surface area contributed by atoms with Crippen molar-refractivity contribution in [1.29, 1.82) is 0 Å². The van der Waals surface area contributed by atoms with Crippen LogP contribution in [0.2, 0.25) is 0 Å². The first-order chi connectivity index (χ1) is 6.72. The minimum absolute atomic E-state index is 0.224. The molecular weight excluding hydrogens is 200 g/mol. The van der Waals surface area contributed by atoms with Crippen molar-refractivity contribution in [3.05, 3.63) is 28.7 Å². The molecule has 0 unspecified atom stereocenters. The summed E-state index contributed by atoms with van der Waals surface area (Å²) in [5, 5.41) is 5.48. The third kappa shape index (κ3) is 3.57. The van der Waals surface area contributed by atoms with E-state index in [4.69, 9.17) is 4.74 Å². The molecule has 1 rings (SSSR count). The lowest BCUT2D eigenvalue weighted by Crippen LogP contribution is -2.23. The van der Waals surface area contributed by atoms with Crippen LogP contribution < -0.4 is 5.32 Å². The number of nitrogens with one attached hydrogen (secondary N) is 1. The fraction of sp³-hybridized carbons (Fsp3) is 0.333. The van der Waals surface area contributed by atoms with Crippen molar-refractivity contribution in [3.8, 4) is 0 Å². The smallest absolute Gasteiger partial charge is 0.407 e. The van der Waals surface area contributed by atoms with Crippen LogP contribution in [0.1, 0.15) is 10.7 Å². The average Bonchev–Trinajstić information content (AvgIpc) is 2.58. The molecule has 1 heterocycles. The Morgan fingerprint density at radius 1 is 1.86 bits per heavy atom. The molecule has 5 heteroatoms. The first-order valence-electron chi connectivity index (χ1n) is 4.15. The Bertz CT molecular complexity index is 322. The number of thiazole rings is 1. The molecule has 0 fully saturated rings. The Kier molecular flexibility index (Phi) is 4.12. The summed E-state index contributed by atoms with van der Waals surface area (Å²) in [5.41, 5.74) is 0.850.